The fraction of sp³-hybridized carbons (Fsp3) is 0.545. The highest BCUT2D eigenvalue weighted by Crippen LogP contribution is 2.45. The number of rotatable bonds is 3. The van der Waals surface area contributed by atoms with Gasteiger partial charge >= 0.3 is 0 Å². The first-order valence-electron chi connectivity index (χ1n) is 6.21. The maximum atomic E-state index is 11.8. The van der Waals surface area contributed by atoms with E-state index in [1.165, 1.54) is 0 Å². The van der Waals surface area contributed by atoms with Crippen LogP contribution >= 0.6 is 15.9 Å². The van der Waals surface area contributed by atoms with Crippen molar-refractivity contribution in [2.75, 3.05) is 18.9 Å². The van der Waals surface area contributed by atoms with Gasteiger partial charge in [-0.15, -0.1) is 0 Å². The van der Waals surface area contributed by atoms with Gasteiger partial charge in [-0.1, -0.05) is 0 Å². The number of hydrogen-bond donors (Lipinski definition) is 4. The number of nitrogens with zero attached hydrogens (tertiary/aromatic N) is 3. The molecule has 5 N–H and O–H groups in total. The number of nitrogen functional groups attached to an aromatic ring is 1. The molecule has 0 spiro atoms. The lowest BCUT2D eigenvalue weighted by Gasteiger charge is -2.43. The Morgan fingerprint density at radius 3 is 2.80 bits per heavy atom. The molecule has 0 unspecified atom stereocenters. The lowest BCUT2D eigenvalue weighted by Crippen LogP contribution is -2.42. The fourth-order valence-electron chi connectivity index (χ4n) is 2.82. The molecule has 1 aliphatic rings. The molecule has 9 heteroatoms. The minimum atomic E-state index is -0.398. The molecule has 3 atom stereocenters. The third-order valence-electron chi connectivity index (χ3n) is 3.95. The Bertz CT molecular complexity index is 712. The van der Waals surface area contributed by atoms with Crippen molar-refractivity contribution in [2.45, 2.75) is 12.5 Å². The van der Waals surface area contributed by atoms with E-state index in [-0.39, 0.29) is 42.6 Å². The summed E-state index contributed by atoms with van der Waals surface area (Å²) in [7, 11) is 0. The van der Waals surface area contributed by atoms with Crippen molar-refractivity contribution in [3.05, 3.63) is 15.1 Å². The molecule has 2 heterocycles. The number of halogens is 1. The summed E-state index contributed by atoms with van der Waals surface area (Å²) < 4.78 is 2.23. The number of aromatic amines is 1. The van der Waals surface area contributed by atoms with E-state index in [9.17, 15) is 15.0 Å². The Morgan fingerprint density at radius 2 is 2.15 bits per heavy atom. The van der Waals surface area contributed by atoms with E-state index in [1.54, 1.807) is 4.57 Å². The van der Waals surface area contributed by atoms with Crippen LogP contribution in [0.15, 0.2) is 9.53 Å². The molecule has 20 heavy (non-hydrogen) atoms. The van der Waals surface area contributed by atoms with Crippen molar-refractivity contribution in [1.29, 1.82) is 0 Å². The summed E-state index contributed by atoms with van der Waals surface area (Å²) in [6.07, 6.45) is 0.695. The Balaban J connectivity index is 2.13. The van der Waals surface area contributed by atoms with Crippen molar-refractivity contribution in [2.24, 2.45) is 11.8 Å². The van der Waals surface area contributed by atoms with Crippen LogP contribution in [0, 0.1) is 11.8 Å². The number of aromatic nitrogens is 4. The van der Waals surface area contributed by atoms with Gasteiger partial charge < -0.3 is 15.9 Å². The van der Waals surface area contributed by atoms with Crippen LogP contribution < -0.4 is 11.3 Å². The monoisotopic (exact) mass is 343 g/mol. The first-order valence-corrected chi connectivity index (χ1v) is 7.01. The highest BCUT2D eigenvalue weighted by molar-refractivity contribution is 9.10. The maximum absolute atomic E-state index is 11.8. The molecule has 8 nitrogen and oxygen atoms in total. The van der Waals surface area contributed by atoms with Crippen LogP contribution in [0.2, 0.25) is 0 Å². The standard InChI is InChI=1S/C11H14BrN5O3/c12-10-14-7-8(15-11(13)16-9(7)20)17(10)6-1-4(2-18)5(6)3-19/h4-6,18-19H,1-3H2,(H3,13,15,16,20)/t4-,5-,6-/m1/s1. The molecule has 2 aromatic heterocycles. The number of aliphatic hydroxyl groups excluding tert-OH is 2. The molecule has 0 radical (unpaired) electrons. The molecule has 0 aliphatic heterocycles. The Morgan fingerprint density at radius 1 is 1.40 bits per heavy atom. The summed E-state index contributed by atoms with van der Waals surface area (Å²) in [5, 5.41) is 18.7. The van der Waals surface area contributed by atoms with Gasteiger partial charge in [0.25, 0.3) is 5.56 Å². The molecule has 1 fully saturated rings. The predicted octanol–water partition coefficient (Wildman–Crippen LogP) is -0.374. The number of anilines is 1. The van der Waals surface area contributed by atoms with E-state index in [0.29, 0.717) is 16.8 Å². The molecule has 2 aromatic rings. The SMILES string of the molecule is Nc1nc2c(nc(Br)n2[C@@H]2C[C@H](CO)[C@H]2CO)c(=O)[nH]1. The van der Waals surface area contributed by atoms with Gasteiger partial charge in [-0.3, -0.25) is 14.3 Å². The summed E-state index contributed by atoms with van der Waals surface area (Å²) in [5.41, 5.74) is 5.76. The molecule has 1 saturated carbocycles. The summed E-state index contributed by atoms with van der Waals surface area (Å²) in [6.45, 7) is -0.0111. The van der Waals surface area contributed by atoms with Gasteiger partial charge in [-0.05, 0) is 28.3 Å². The van der Waals surface area contributed by atoms with Crippen LogP contribution in [0.1, 0.15) is 12.5 Å². The summed E-state index contributed by atoms with van der Waals surface area (Å²) in [4.78, 5) is 22.5. The topological polar surface area (TPSA) is 130 Å². The van der Waals surface area contributed by atoms with E-state index in [1.807, 2.05) is 0 Å². The van der Waals surface area contributed by atoms with Crippen molar-refractivity contribution < 1.29 is 10.2 Å². The molecule has 0 aromatic carbocycles. The second kappa shape index (κ2) is 4.83. The first-order chi connectivity index (χ1) is 9.56. The summed E-state index contributed by atoms with van der Waals surface area (Å²) in [5.74, 6) is -0.0144. The van der Waals surface area contributed by atoms with Gasteiger partial charge in [0.15, 0.2) is 15.9 Å². The van der Waals surface area contributed by atoms with Gasteiger partial charge in [0, 0.05) is 25.2 Å². The minimum absolute atomic E-state index is 0.0229. The molecule has 0 saturated heterocycles. The predicted molar refractivity (Wildman–Crippen MR) is 75.1 cm³/mol. The average Bonchev–Trinajstić information content (AvgIpc) is 2.67. The number of imidazole rings is 1. The number of aliphatic hydroxyl groups is 2. The van der Waals surface area contributed by atoms with E-state index in [2.05, 4.69) is 30.9 Å². The van der Waals surface area contributed by atoms with Crippen molar-refractivity contribution in [3.8, 4) is 0 Å². The summed E-state index contributed by atoms with van der Waals surface area (Å²) >= 11 is 3.32. The fourth-order valence-corrected chi connectivity index (χ4v) is 3.43. The highest BCUT2D eigenvalue weighted by Gasteiger charge is 2.43. The Kier molecular flexibility index (Phi) is 3.27. The smallest absolute Gasteiger partial charge is 0.280 e. The molecule has 1 aliphatic carbocycles. The van der Waals surface area contributed by atoms with Crippen LogP contribution in [0.5, 0.6) is 0 Å². The van der Waals surface area contributed by atoms with Gasteiger partial charge in [0.2, 0.25) is 5.95 Å². The van der Waals surface area contributed by atoms with Crippen LogP contribution in [-0.4, -0.2) is 42.9 Å². The average molecular weight is 344 g/mol. The lowest BCUT2D eigenvalue weighted by atomic mass is 9.70. The molecule has 108 valence electrons. The van der Waals surface area contributed by atoms with E-state index < -0.39 is 5.56 Å². The second-order valence-electron chi connectivity index (χ2n) is 4.97. The number of nitrogens with two attached hydrogens (primary N) is 1. The zero-order valence-electron chi connectivity index (χ0n) is 10.5. The molecular formula is C11H14BrN5O3. The van der Waals surface area contributed by atoms with E-state index >= 15 is 0 Å². The third-order valence-corrected chi connectivity index (χ3v) is 4.51. The second-order valence-corrected chi connectivity index (χ2v) is 5.68. The van der Waals surface area contributed by atoms with Crippen LogP contribution in [0.4, 0.5) is 5.95 Å². The Hall–Kier alpha value is -1.45. The molecule has 3 rings (SSSR count). The van der Waals surface area contributed by atoms with Gasteiger partial charge in [0.1, 0.15) is 0 Å². The van der Waals surface area contributed by atoms with Gasteiger partial charge in [0.05, 0.1) is 0 Å². The number of hydrogen-bond acceptors (Lipinski definition) is 6. The molecule has 0 bridgehead atoms. The maximum Gasteiger partial charge on any atom is 0.280 e. The van der Waals surface area contributed by atoms with E-state index in [4.69, 9.17) is 5.73 Å². The number of fused-ring (bicyclic) bond motifs is 1. The molecular weight excluding hydrogens is 330 g/mol. The van der Waals surface area contributed by atoms with Crippen LogP contribution in [0.3, 0.4) is 0 Å². The number of nitrogens with one attached hydrogen (secondary N) is 1. The van der Waals surface area contributed by atoms with Gasteiger partial charge in [-0.25, -0.2) is 4.98 Å². The van der Waals surface area contributed by atoms with Crippen molar-refractivity contribution in [1.82, 2.24) is 19.5 Å². The van der Waals surface area contributed by atoms with Crippen LogP contribution in [0.25, 0.3) is 11.2 Å². The van der Waals surface area contributed by atoms with Crippen molar-refractivity contribution in [3.63, 3.8) is 0 Å². The largest absolute Gasteiger partial charge is 0.396 e. The number of H-pyrrole nitrogens is 1. The quantitative estimate of drug-likeness (QED) is 0.562. The highest BCUT2D eigenvalue weighted by atomic mass is 79.9. The zero-order chi connectivity index (χ0) is 14.4. The third kappa shape index (κ3) is 1.85. The van der Waals surface area contributed by atoms with Crippen molar-refractivity contribution >= 4 is 33.0 Å². The summed E-state index contributed by atoms with van der Waals surface area (Å²) in [6, 6.07) is -0.0646. The first kappa shape index (κ1) is 13.5. The lowest BCUT2D eigenvalue weighted by molar-refractivity contribution is -0.00616. The normalized spacial score (nSPS) is 25.9. The van der Waals surface area contributed by atoms with Gasteiger partial charge in [-0.2, -0.15) is 4.98 Å². The zero-order valence-corrected chi connectivity index (χ0v) is 12.0. The van der Waals surface area contributed by atoms with E-state index in [0.717, 1.165) is 0 Å². The Labute approximate surface area is 121 Å². The minimum Gasteiger partial charge on any atom is -0.396 e. The molecule has 0 amide bonds. The van der Waals surface area contributed by atoms with Crippen LogP contribution in [-0.2, 0) is 0 Å².